The first-order valence-corrected chi connectivity index (χ1v) is 6.56. The van der Waals surface area contributed by atoms with E-state index in [9.17, 15) is 4.79 Å². The second kappa shape index (κ2) is 5.38. The summed E-state index contributed by atoms with van der Waals surface area (Å²) in [5.74, 6) is -0.890. The maximum Gasteiger partial charge on any atom is 0.335 e. The van der Waals surface area contributed by atoms with E-state index >= 15 is 0 Å². The fourth-order valence-electron chi connectivity index (χ4n) is 2.44. The van der Waals surface area contributed by atoms with Crippen molar-refractivity contribution in [1.29, 1.82) is 0 Å². The highest BCUT2D eigenvalue weighted by Crippen LogP contribution is 2.17. The van der Waals surface area contributed by atoms with Crippen LogP contribution in [0.15, 0.2) is 36.7 Å². The molecular weight excluding hydrogens is 254 g/mol. The number of rotatable bonds is 3. The Hall–Kier alpha value is -2.27. The summed E-state index contributed by atoms with van der Waals surface area (Å²) in [6, 6.07) is 7.04. The fourth-order valence-corrected chi connectivity index (χ4v) is 2.44. The number of fused-ring (bicyclic) bond motifs is 1. The number of carbonyl (C=O) groups is 1. The molecule has 1 aliphatic rings. The van der Waals surface area contributed by atoms with E-state index in [1.165, 1.54) is 0 Å². The lowest BCUT2D eigenvalue weighted by Crippen LogP contribution is -2.31. The third-order valence-electron chi connectivity index (χ3n) is 3.51. The quantitative estimate of drug-likeness (QED) is 0.919. The molecule has 0 bridgehead atoms. The molecule has 0 saturated carbocycles. The molecule has 2 heterocycles. The van der Waals surface area contributed by atoms with Crippen LogP contribution in [-0.2, 0) is 19.5 Å². The molecule has 1 N–H and O–H groups in total. The van der Waals surface area contributed by atoms with Crippen molar-refractivity contribution in [2.75, 3.05) is 6.54 Å². The molecule has 0 atom stereocenters. The average Bonchev–Trinajstić information content (AvgIpc) is 2.48. The van der Waals surface area contributed by atoms with Crippen molar-refractivity contribution >= 4 is 5.97 Å². The second-order valence-electron chi connectivity index (χ2n) is 4.91. The number of carboxylic acid groups (broad SMARTS) is 1. The topological polar surface area (TPSA) is 66.3 Å². The Balaban J connectivity index is 1.69. The minimum absolute atomic E-state index is 0.323. The Morgan fingerprint density at radius 2 is 1.85 bits per heavy atom. The van der Waals surface area contributed by atoms with Gasteiger partial charge in [-0.15, -0.1) is 0 Å². The number of nitrogens with zero attached hydrogens (tertiary/aromatic N) is 3. The second-order valence-corrected chi connectivity index (χ2v) is 4.91. The molecule has 5 nitrogen and oxygen atoms in total. The van der Waals surface area contributed by atoms with Crippen LogP contribution in [0.2, 0.25) is 0 Å². The maximum absolute atomic E-state index is 10.8. The van der Waals surface area contributed by atoms with Crippen LogP contribution < -0.4 is 0 Å². The van der Waals surface area contributed by atoms with E-state index in [4.69, 9.17) is 5.11 Å². The van der Waals surface area contributed by atoms with Crippen molar-refractivity contribution in [2.45, 2.75) is 19.5 Å². The Bertz CT molecular complexity index is 625. The predicted octanol–water partition coefficient (Wildman–Crippen LogP) is 1.73. The largest absolute Gasteiger partial charge is 0.478 e. The van der Waals surface area contributed by atoms with Gasteiger partial charge in [0.25, 0.3) is 0 Å². The SMILES string of the molecule is O=C(O)c1ccc(CN2CCc3nccnc3C2)cc1. The Labute approximate surface area is 116 Å². The van der Waals surface area contributed by atoms with E-state index in [2.05, 4.69) is 14.9 Å². The molecule has 0 unspecified atom stereocenters. The average molecular weight is 269 g/mol. The summed E-state index contributed by atoms with van der Waals surface area (Å²) in [4.78, 5) is 21.8. The third kappa shape index (κ3) is 2.67. The van der Waals surface area contributed by atoms with Crippen molar-refractivity contribution in [2.24, 2.45) is 0 Å². The molecule has 3 rings (SSSR count). The van der Waals surface area contributed by atoms with Gasteiger partial charge in [-0.25, -0.2) is 4.79 Å². The molecule has 0 fully saturated rings. The molecule has 20 heavy (non-hydrogen) atoms. The molecule has 5 heteroatoms. The van der Waals surface area contributed by atoms with Crippen molar-refractivity contribution < 1.29 is 9.90 Å². The van der Waals surface area contributed by atoms with Crippen molar-refractivity contribution in [3.63, 3.8) is 0 Å². The zero-order valence-corrected chi connectivity index (χ0v) is 11.0. The Morgan fingerprint density at radius 1 is 1.15 bits per heavy atom. The predicted molar refractivity (Wildman–Crippen MR) is 73.3 cm³/mol. The molecule has 1 aliphatic heterocycles. The molecule has 0 aliphatic carbocycles. The minimum Gasteiger partial charge on any atom is -0.478 e. The van der Waals surface area contributed by atoms with Gasteiger partial charge < -0.3 is 5.11 Å². The highest BCUT2D eigenvalue weighted by molar-refractivity contribution is 5.87. The minimum atomic E-state index is -0.890. The highest BCUT2D eigenvalue weighted by atomic mass is 16.4. The summed E-state index contributed by atoms with van der Waals surface area (Å²) in [5.41, 5.74) is 3.57. The lowest BCUT2D eigenvalue weighted by molar-refractivity contribution is 0.0697. The van der Waals surface area contributed by atoms with Gasteiger partial charge in [0, 0.05) is 38.4 Å². The normalized spacial score (nSPS) is 14.8. The van der Waals surface area contributed by atoms with Crippen molar-refractivity contribution in [3.05, 3.63) is 59.2 Å². The van der Waals surface area contributed by atoms with Crippen LogP contribution in [0, 0.1) is 0 Å². The van der Waals surface area contributed by atoms with E-state index < -0.39 is 5.97 Å². The fraction of sp³-hybridized carbons (Fsp3) is 0.267. The van der Waals surface area contributed by atoms with E-state index in [0.29, 0.717) is 5.56 Å². The van der Waals surface area contributed by atoms with Crippen LogP contribution in [0.5, 0.6) is 0 Å². The lowest BCUT2D eigenvalue weighted by Gasteiger charge is -2.27. The van der Waals surface area contributed by atoms with Crippen LogP contribution in [0.1, 0.15) is 27.3 Å². The van der Waals surface area contributed by atoms with Gasteiger partial charge in [-0.1, -0.05) is 12.1 Å². The van der Waals surface area contributed by atoms with Gasteiger partial charge in [0.2, 0.25) is 0 Å². The van der Waals surface area contributed by atoms with Crippen LogP contribution in [0.25, 0.3) is 0 Å². The van der Waals surface area contributed by atoms with Gasteiger partial charge in [-0.3, -0.25) is 14.9 Å². The molecule has 0 amide bonds. The van der Waals surface area contributed by atoms with E-state index in [1.54, 1.807) is 24.5 Å². The number of benzene rings is 1. The summed E-state index contributed by atoms with van der Waals surface area (Å²) in [6.45, 7) is 2.55. The van der Waals surface area contributed by atoms with Crippen molar-refractivity contribution in [3.8, 4) is 0 Å². The summed E-state index contributed by atoms with van der Waals surface area (Å²) < 4.78 is 0. The molecule has 1 aromatic heterocycles. The van der Waals surface area contributed by atoms with Gasteiger partial charge in [0.05, 0.1) is 17.0 Å². The molecular formula is C15H15N3O2. The van der Waals surface area contributed by atoms with Crippen LogP contribution >= 0.6 is 0 Å². The van der Waals surface area contributed by atoms with E-state index in [-0.39, 0.29) is 0 Å². The summed E-state index contributed by atoms with van der Waals surface area (Å²) in [5, 5.41) is 8.88. The number of aromatic nitrogens is 2. The number of hydrogen-bond donors (Lipinski definition) is 1. The summed E-state index contributed by atoms with van der Waals surface area (Å²) in [7, 11) is 0. The first-order chi connectivity index (χ1) is 9.72. The smallest absolute Gasteiger partial charge is 0.335 e. The van der Waals surface area contributed by atoms with E-state index in [1.807, 2.05) is 12.1 Å². The zero-order chi connectivity index (χ0) is 13.9. The Morgan fingerprint density at radius 3 is 2.55 bits per heavy atom. The van der Waals surface area contributed by atoms with Gasteiger partial charge in [-0.05, 0) is 17.7 Å². The molecule has 0 saturated heterocycles. The zero-order valence-electron chi connectivity index (χ0n) is 11.0. The first kappa shape index (κ1) is 12.7. The van der Waals surface area contributed by atoms with Gasteiger partial charge in [-0.2, -0.15) is 0 Å². The standard InChI is InChI=1S/C15H15N3O2/c19-15(20)12-3-1-11(2-4-12)9-18-8-5-13-14(10-18)17-7-6-16-13/h1-4,6-7H,5,8-10H2,(H,19,20). The van der Waals surface area contributed by atoms with Crippen LogP contribution in [0.4, 0.5) is 0 Å². The first-order valence-electron chi connectivity index (χ1n) is 6.56. The molecule has 2 aromatic rings. The monoisotopic (exact) mass is 269 g/mol. The number of aromatic carboxylic acids is 1. The van der Waals surface area contributed by atoms with Crippen LogP contribution in [0.3, 0.4) is 0 Å². The maximum atomic E-state index is 10.8. The number of hydrogen-bond acceptors (Lipinski definition) is 4. The van der Waals surface area contributed by atoms with Gasteiger partial charge in [0.1, 0.15) is 0 Å². The molecule has 1 aromatic carbocycles. The summed E-state index contributed by atoms with van der Waals surface area (Å²) >= 11 is 0. The van der Waals surface area contributed by atoms with Gasteiger partial charge >= 0.3 is 5.97 Å². The highest BCUT2D eigenvalue weighted by Gasteiger charge is 2.18. The van der Waals surface area contributed by atoms with Gasteiger partial charge in [0.15, 0.2) is 0 Å². The van der Waals surface area contributed by atoms with Crippen molar-refractivity contribution in [1.82, 2.24) is 14.9 Å². The third-order valence-corrected chi connectivity index (χ3v) is 3.51. The van der Waals surface area contributed by atoms with E-state index in [0.717, 1.165) is 43.0 Å². The Kier molecular flexibility index (Phi) is 3.43. The molecule has 0 radical (unpaired) electrons. The van der Waals surface area contributed by atoms with Crippen LogP contribution in [-0.4, -0.2) is 32.5 Å². The lowest BCUT2D eigenvalue weighted by atomic mass is 10.1. The molecule has 102 valence electrons. The number of carboxylic acids is 1. The summed E-state index contributed by atoms with van der Waals surface area (Å²) in [6.07, 6.45) is 4.37. The molecule has 0 spiro atoms.